The molecule has 0 spiro atoms. The van der Waals surface area contributed by atoms with E-state index in [1.165, 1.54) is 0 Å². The topological polar surface area (TPSA) is 20.2 Å². The Kier molecular flexibility index (Phi) is 3.42. The van der Waals surface area contributed by atoms with Gasteiger partial charge < -0.3 is 5.11 Å². The first-order valence-corrected chi connectivity index (χ1v) is 5.47. The first-order valence-electron chi connectivity index (χ1n) is 5.47. The molecule has 1 heteroatoms. The summed E-state index contributed by atoms with van der Waals surface area (Å²) in [6.45, 7) is 12.2. The Morgan fingerprint density at radius 1 is 1.53 bits per heavy atom. The number of rotatable bonds is 0. The highest BCUT2D eigenvalue weighted by atomic mass is 16.3. The lowest BCUT2D eigenvalue weighted by Crippen LogP contribution is -2.30. The van der Waals surface area contributed by atoms with Gasteiger partial charge in [0.2, 0.25) is 0 Å². The molecule has 0 heterocycles. The van der Waals surface area contributed by atoms with Gasteiger partial charge in [0.1, 0.15) is 0 Å². The van der Waals surface area contributed by atoms with Crippen molar-refractivity contribution in [2.45, 2.75) is 46.6 Å². The van der Waals surface area contributed by atoms with E-state index < -0.39 is 6.10 Å². The monoisotopic (exact) mass is 204 g/mol. The minimum Gasteiger partial charge on any atom is -0.388 e. The molecule has 1 N–H and O–H groups in total. The third kappa shape index (κ3) is 2.33. The van der Waals surface area contributed by atoms with E-state index in [2.05, 4.69) is 32.3 Å². The summed E-state index contributed by atoms with van der Waals surface area (Å²) in [6, 6.07) is 0. The fraction of sp³-hybridized carbons (Fsp3) is 0.571. The van der Waals surface area contributed by atoms with Crippen LogP contribution in [0.4, 0.5) is 0 Å². The van der Waals surface area contributed by atoms with E-state index >= 15 is 0 Å². The van der Waals surface area contributed by atoms with Crippen molar-refractivity contribution in [3.63, 3.8) is 0 Å². The summed E-state index contributed by atoms with van der Waals surface area (Å²) in [5, 5.41) is 9.85. The number of aliphatic hydroxyl groups excluding tert-OH is 1. The molecule has 0 saturated carbocycles. The Morgan fingerprint density at radius 3 is 2.67 bits per heavy atom. The van der Waals surface area contributed by atoms with Crippen LogP contribution in [-0.2, 0) is 0 Å². The van der Waals surface area contributed by atoms with Gasteiger partial charge in [0.25, 0.3) is 0 Å². The number of hydrogen-bond donors (Lipinski definition) is 1. The van der Waals surface area contributed by atoms with Gasteiger partial charge in [0, 0.05) is 17.4 Å². The van der Waals surface area contributed by atoms with E-state index in [4.69, 9.17) is 0 Å². The molecule has 1 aliphatic rings. The highest BCUT2D eigenvalue weighted by molar-refractivity contribution is 5.49. The van der Waals surface area contributed by atoms with Crippen molar-refractivity contribution >= 4 is 0 Å². The average molecular weight is 204 g/mol. The fourth-order valence-corrected chi connectivity index (χ4v) is 2.07. The maximum atomic E-state index is 9.85. The van der Waals surface area contributed by atoms with Gasteiger partial charge in [-0.05, 0) is 24.5 Å². The van der Waals surface area contributed by atoms with Crippen LogP contribution in [0.3, 0.4) is 0 Å². The molecule has 15 heavy (non-hydrogen) atoms. The second-order valence-electron chi connectivity index (χ2n) is 4.78. The molecule has 0 aliphatic heterocycles. The van der Waals surface area contributed by atoms with Crippen molar-refractivity contribution < 1.29 is 5.11 Å². The second-order valence-corrected chi connectivity index (χ2v) is 4.78. The minimum atomic E-state index is -0.410. The first kappa shape index (κ1) is 12.1. The Balaban J connectivity index is 3.22. The van der Waals surface area contributed by atoms with Crippen LogP contribution in [0, 0.1) is 17.3 Å². The molecule has 0 aromatic rings. The van der Waals surface area contributed by atoms with Crippen molar-refractivity contribution in [3.05, 3.63) is 23.3 Å². The van der Waals surface area contributed by atoms with Gasteiger partial charge in [-0.3, -0.25) is 0 Å². The summed E-state index contributed by atoms with van der Waals surface area (Å²) in [5.41, 5.74) is 3.00. The summed E-state index contributed by atoms with van der Waals surface area (Å²) < 4.78 is 0. The fourth-order valence-electron chi connectivity index (χ4n) is 2.07. The van der Waals surface area contributed by atoms with E-state index in [0.717, 1.165) is 29.6 Å². The van der Waals surface area contributed by atoms with Crippen molar-refractivity contribution in [3.8, 4) is 11.8 Å². The first-order chi connectivity index (χ1) is 6.90. The summed E-state index contributed by atoms with van der Waals surface area (Å²) in [7, 11) is 0. The molecule has 1 aliphatic carbocycles. The van der Waals surface area contributed by atoms with Crippen molar-refractivity contribution in [2.24, 2.45) is 5.41 Å². The van der Waals surface area contributed by atoms with Crippen LogP contribution < -0.4 is 0 Å². The molecule has 1 rings (SSSR count). The van der Waals surface area contributed by atoms with Crippen LogP contribution in [0.1, 0.15) is 40.5 Å². The summed E-state index contributed by atoms with van der Waals surface area (Å²) >= 11 is 0. The van der Waals surface area contributed by atoms with Crippen molar-refractivity contribution in [2.75, 3.05) is 0 Å². The second kappa shape index (κ2) is 4.24. The molecule has 0 aromatic carbocycles. The molecular formula is C14H20O. The largest absolute Gasteiger partial charge is 0.388 e. The molecule has 1 atom stereocenters. The van der Waals surface area contributed by atoms with E-state index in [9.17, 15) is 5.11 Å². The maximum absolute atomic E-state index is 9.85. The zero-order valence-corrected chi connectivity index (χ0v) is 10.1. The predicted molar refractivity (Wildman–Crippen MR) is 64.3 cm³/mol. The van der Waals surface area contributed by atoms with Gasteiger partial charge >= 0.3 is 0 Å². The summed E-state index contributed by atoms with van der Waals surface area (Å²) in [4.78, 5) is 0. The molecule has 0 radical (unpaired) electrons. The SMILES string of the molecule is C=C1C(C)=C(C#CCC)C(C)(C)CC1O. The lowest BCUT2D eigenvalue weighted by molar-refractivity contribution is 0.153. The van der Waals surface area contributed by atoms with Crippen LogP contribution in [0.5, 0.6) is 0 Å². The Labute approximate surface area is 92.9 Å². The van der Waals surface area contributed by atoms with Crippen LogP contribution in [0.25, 0.3) is 0 Å². The molecule has 1 unspecified atom stereocenters. The minimum absolute atomic E-state index is 0.0349. The van der Waals surface area contributed by atoms with Gasteiger partial charge in [0.15, 0.2) is 0 Å². The average Bonchev–Trinajstić information content (AvgIpc) is 2.14. The van der Waals surface area contributed by atoms with Gasteiger partial charge in [0.05, 0.1) is 6.10 Å². The third-order valence-corrected chi connectivity index (χ3v) is 3.03. The van der Waals surface area contributed by atoms with Crippen LogP contribution in [-0.4, -0.2) is 11.2 Å². The molecule has 0 saturated heterocycles. The van der Waals surface area contributed by atoms with Gasteiger partial charge in [-0.25, -0.2) is 0 Å². The third-order valence-electron chi connectivity index (χ3n) is 3.03. The lowest BCUT2D eigenvalue weighted by atomic mass is 9.70. The van der Waals surface area contributed by atoms with E-state index in [1.807, 2.05) is 13.8 Å². The Bertz CT molecular complexity index is 361. The van der Waals surface area contributed by atoms with Crippen molar-refractivity contribution in [1.29, 1.82) is 0 Å². The van der Waals surface area contributed by atoms with Gasteiger partial charge in [-0.15, -0.1) is 0 Å². The molecule has 0 bridgehead atoms. The number of hydrogen-bond acceptors (Lipinski definition) is 1. The normalized spacial score (nSPS) is 24.9. The quantitative estimate of drug-likeness (QED) is 0.601. The highest BCUT2D eigenvalue weighted by Gasteiger charge is 2.34. The van der Waals surface area contributed by atoms with E-state index in [0.29, 0.717) is 0 Å². The van der Waals surface area contributed by atoms with Crippen molar-refractivity contribution in [1.82, 2.24) is 0 Å². The smallest absolute Gasteiger partial charge is 0.0795 e. The summed E-state index contributed by atoms with van der Waals surface area (Å²) in [5.74, 6) is 6.33. The molecule has 0 fully saturated rings. The van der Waals surface area contributed by atoms with E-state index in [1.54, 1.807) is 0 Å². The lowest BCUT2D eigenvalue weighted by Gasteiger charge is -2.35. The van der Waals surface area contributed by atoms with Crippen LogP contribution in [0.2, 0.25) is 0 Å². The van der Waals surface area contributed by atoms with Gasteiger partial charge in [-0.1, -0.05) is 39.2 Å². The summed E-state index contributed by atoms with van der Waals surface area (Å²) in [6.07, 6.45) is 1.17. The predicted octanol–water partition coefficient (Wildman–Crippen LogP) is 3.06. The Hall–Kier alpha value is -1.00. The number of allylic oxidation sites excluding steroid dienone is 1. The standard InChI is InChI=1S/C14H20O/c1-6-7-8-12-10(2)11(3)13(15)9-14(12,4)5/h13,15H,3,6,9H2,1-2,4-5H3. The zero-order valence-electron chi connectivity index (χ0n) is 10.1. The zero-order chi connectivity index (χ0) is 11.6. The maximum Gasteiger partial charge on any atom is 0.0795 e. The van der Waals surface area contributed by atoms with E-state index in [-0.39, 0.29) is 5.41 Å². The van der Waals surface area contributed by atoms with Crippen LogP contribution in [0.15, 0.2) is 23.3 Å². The molecule has 0 aromatic heterocycles. The molecule has 0 amide bonds. The molecular weight excluding hydrogens is 184 g/mol. The highest BCUT2D eigenvalue weighted by Crippen LogP contribution is 2.41. The Morgan fingerprint density at radius 2 is 2.13 bits per heavy atom. The molecule has 1 nitrogen and oxygen atoms in total. The molecule has 82 valence electrons. The number of aliphatic hydroxyl groups is 1. The van der Waals surface area contributed by atoms with Gasteiger partial charge in [-0.2, -0.15) is 0 Å². The van der Waals surface area contributed by atoms with Crippen LogP contribution >= 0.6 is 0 Å².